The molecule has 0 aliphatic rings. The molecular formula is C9H10BrN5. The van der Waals surface area contributed by atoms with Crippen LogP contribution in [0.5, 0.6) is 0 Å². The Hall–Kier alpha value is -1.27. The van der Waals surface area contributed by atoms with E-state index in [0.717, 1.165) is 11.0 Å². The minimum absolute atomic E-state index is 0.609. The van der Waals surface area contributed by atoms with E-state index < -0.39 is 0 Å². The number of halogens is 1. The highest BCUT2D eigenvalue weighted by Crippen LogP contribution is 2.15. The summed E-state index contributed by atoms with van der Waals surface area (Å²) in [5.74, 6) is 0.669. The molecule has 2 aromatic rings. The Morgan fingerprint density at radius 3 is 2.87 bits per heavy atom. The zero-order valence-electron chi connectivity index (χ0n) is 7.94. The molecule has 1 aromatic carbocycles. The highest BCUT2D eigenvalue weighted by atomic mass is 79.9. The maximum atomic E-state index is 3.85. The Morgan fingerprint density at radius 2 is 2.13 bits per heavy atom. The lowest BCUT2D eigenvalue weighted by Crippen LogP contribution is -2.14. The van der Waals surface area contributed by atoms with Crippen LogP contribution in [0.25, 0.3) is 0 Å². The molecule has 6 heteroatoms. The van der Waals surface area contributed by atoms with Gasteiger partial charge in [0.05, 0.1) is 6.54 Å². The molecule has 0 amide bonds. The summed E-state index contributed by atoms with van der Waals surface area (Å²) in [5.41, 5.74) is 1.21. The van der Waals surface area contributed by atoms with Crippen molar-refractivity contribution in [3.63, 3.8) is 0 Å². The quantitative estimate of drug-likeness (QED) is 0.875. The number of aromatic nitrogens is 4. The van der Waals surface area contributed by atoms with Crippen LogP contribution in [0.1, 0.15) is 11.4 Å². The zero-order chi connectivity index (χ0) is 10.5. The van der Waals surface area contributed by atoms with Crippen LogP contribution in [-0.2, 0) is 13.1 Å². The van der Waals surface area contributed by atoms with E-state index in [4.69, 9.17) is 0 Å². The molecule has 0 unspecified atom stereocenters. The summed E-state index contributed by atoms with van der Waals surface area (Å²) < 4.78 is 1.10. The van der Waals surface area contributed by atoms with Crippen molar-refractivity contribution in [3.8, 4) is 0 Å². The Labute approximate surface area is 95.4 Å². The number of aromatic amines is 1. The standard InChI is InChI=1S/C9H10BrN5/c10-8-4-2-1-3-7(8)5-11-6-9-12-14-15-13-9/h1-4,11H,5-6H2,(H,12,13,14,15). The average Bonchev–Trinajstić information content (AvgIpc) is 2.74. The molecule has 2 rings (SSSR count). The Bertz CT molecular complexity index is 414. The van der Waals surface area contributed by atoms with E-state index in [1.165, 1.54) is 5.56 Å². The van der Waals surface area contributed by atoms with E-state index in [1.54, 1.807) is 0 Å². The van der Waals surface area contributed by atoms with E-state index in [-0.39, 0.29) is 0 Å². The number of nitrogens with zero attached hydrogens (tertiary/aromatic N) is 3. The molecule has 2 N–H and O–H groups in total. The average molecular weight is 268 g/mol. The largest absolute Gasteiger partial charge is 0.306 e. The highest BCUT2D eigenvalue weighted by molar-refractivity contribution is 9.10. The van der Waals surface area contributed by atoms with Crippen molar-refractivity contribution in [1.29, 1.82) is 0 Å². The van der Waals surface area contributed by atoms with Crippen LogP contribution >= 0.6 is 15.9 Å². The predicted octanol–water partition coefficient (Wildman–Crippen LogP) is 1.25. The van der Waals surface area contributed by atoms with E-state index in [0.29, 0.717) is 12.4 Å². The van der Waals surface area contributed by atoms with E-state index >= 15 is 0 Å². The molecule has 0 atom stereocenters. The van der Waals surface area contributed by atoms with Crippen molar-refractivity contribution in [2.75, 3.05) is 0 Å². The second-order valence-electron chi connectivity index (χ2n) is 3.02. The fourth-order valence-electron chi connectivity index (χ4n) is 1.21. The van der Waals surface area contributed by atoms with Crippen LogP contribution < -0.4 is 5.32 Å². The lowest BCUT2D eigenvalue weighted by atomic mass is 10.2. The van der Waals surface area contributed by atoms with Gasteiger partial charge in [-0.2, -0.15) is 5.21 Å². The number of H-pyrrole nitrogens is 1. The summed E-state index contributed by atoms with van der Waals surface area (Å²) in [5, 5.41) is 16.8. The van der Waals surface area contributed by atoms with Gasteiger partial charge in [-0.05, 0) is 11.6 Å². The molecule has 0 aliphatic heterocycles. The van der Waals surface area contributed by atoms with Gasteiger partial charge in [-0.25, -0.2) is 0 Å². The van der Waals surface area contributed by atoms with Crippen molar-refractivity contribution >= 4 is 15.9 Å². The molecule has 1 aromatic heterocycles. The summed E-state index contributed by atoms with van der Waals surface area (Å²) in [6.45, 7) is 1.38. The van der Waals surface area contributed by atoms with Gasteiger partial charge in [0.25, 0.3) is 0 Å². The van der Waals surface area contributed by atoms with Crippen LogP contribution in [0.2, 0.25) is 0 Å². The summed E-state index contributed by atoms with van der Waals surface area (Å²) in [7, 11) is 0. The lowest BCUT2D eigenvalue weighted by Gasteiger charge is -2.04. The molecule has 0 saturated carbocycles. The molecule has 5 nitrogen and oxygen atoms in total. The molecule has 15 heavy (non-hydrogen) atoms. The normalized spacial score (nSPS) is 10.5. The first kappa shape index (κ1) is 10.3. The van der Waals surface area contributed by atoms with Crippen molar-refractivity contribution in [2.24, 2.45) is 0 Å². The van der Waals surface area contributed by atoms with Crippen LogP contribution in [0.3, 0.4) is 0 Å². The van der Waals surface area contributed by atoms with Gasteiger partial charge in [-0.3, -0.25) is 0 Å². The number of nitrogens with one attached hydrogen (secondary N) is 2. The molecule has 0 saturated heterocycles. The maximum Gasteiger partial charge on any atom is 0.188 e. The molecule has 0 spiro atoms. The number of rotatable bonds is 4. The van der Waals surface area contributed by atoms with Crippen LogP contribution in [0.4, 0.5) is 0 Å². The van der Waals surface area contributed by atoms with E-state index in [2.05, 4.69) is 47.9 Å². The van der Waals surface area contributed by atoms with Crippen molar-refractivity contribution in [1.82, 2.24) is 25.9 Å². The molecule has 0 radical (unpaired) electrons. The first-order valence-electron chi connectivity index (χ1n) is 4.52. The molecule has 0 aliphatic carbocycles. The van der Waals surface area contributed by atoms with Crippen LogP contribution in [0.15, 0.2) is 28.7 Å². The Balaban J connectivity index is 1.86. The first-order valence-corrected chi connectivity index (χ1v) is 5.32. The molecule has 0 bridgehead atoms. The predicted molar refractivity (Wildman–Crippen MR) is 58.9 cm³/mol. The smallest absolute Gasteiger partial charge is 0.188 e. The second-order valence-corrected chi connectivity index (χ2v) is 3.88. The number of hydrogen-bond donors (Lipinski definition) is 2. The highest BCUT2D eigenvalue weighted by Gasteiger charge is 1.99. The minimum atomic E-state index is 0.609. The van der Waals surface area contributed by atoms with Gasteiger partial charge in [0, 0.05) is 11.0 Å². The fourth-order valence-corrected chi connectivity index (χ4v) is 1.63. The van der Waals surface area contributed by atoms with Crippen LogP contribution in [-0.4, -0.2) is 20.6 Å². The summed E-state index contributed by atoms with van der Waals surface area (Å²) in [4.78, 5) is 0. The van der Waals surface area contributed by atoms with Gasteiger partial charge < -0.3 is 5.32 Å². The van der Waals surface area contributed by atoms with Gasteiger partial charge >= 0.3 is 0 Å². The fraction of sp³-hybridized carbons (Fsp3) is 0.222. The molecule has 0 fully saturated rings. The SMILES string of the molecule is Brc1ccccc1CNCc1nn[nH]n1. The van der Waals surface area contributed by atoms with Crippen molar-refractivity contribution in [2.45, 2.75) is 13.1 Å². The van der Waals surface area contributed by atoms with Gasteiger partial charge in [-0.15, -0.1) is 10.2 Å². The molecule has 1 heterocycles. The van der Waals surface area contributed by atoms with Gasteiger partial charge in [-0.1, -0.05) is 39.3 Å². The van der Waals surface area contributed by atoms with Gasteiger partial charge in [0.15, 0.2) is 5.82 Å². The molecular weight excluding hydrogens is 258 g/mol. The maximum absolute atomic E-state index is 3.85. The third kappa shape index (κ3) is 2.84. The first-order chi connectivity index (χ1) is 7.36. The zero-order valence-corrected chi connectivity index (χ0v) is 9.53. The Morgan fingerprint density at radius 1 is 1.27 bits per heavy atom. The third-order valence-electron chi connectivity index (χ3n) is 1.95. The minimum Gasteiger partial charge on any atom is -0.306 e. The number of tetrazole rings is 1. The van der Waals surface area contributed by atoms with Crippen molar-refractivity contribution in [3.05, 3.63) is 40.1 Å². The number of benzene rings is 1. The lowest BCUT2D eigenvalue weighted by molar-refractivity contribution is 0.662. The third-order valence-corrected chi connectivity index (χ3v) is 2.72. The van der Waals surface area contributed by atoms with Gasteiger partial charge in [0.1, 0.15) is 0 Å². The Kier molecular flexibility index (Phi) is 3.41. The molecule has 78 valence electrons. The monoisotopic (exact) mass is 267 g/mol. The summed E-state index contributed by atoms with van der Waals surface area (Å²) in [6, 6.07) is 8.08. The number of hydrogen-bond acceptors (Lipinski definition) is 4. The van der Waals surface area contributed by atoms with E-state index in [9.17, 15) is 0 Å². The van der Waals surface area contributed by atoms with Crippen LogP contribution in [0, 0.1) is 0 Å². The summed E-state index contributed by atoms with van der Waals surface area (Å²) >= 11 is 3.49. The second kappa shape index (κ2) is 4.99. The topological polar surface area (TPSA) is 66.5 Å². The van der Waals surface area contributed by atoms with E-state index in [1.807, 2.05) is 18.2 Å². The summed E-state index contributed by atoms with van der Waals surface area (Å²) in [6.07, 6.45) is 0. The van der Waals surface area contributed by atoms with Crippen molar-refractivity contribution < 1.29 is 0 Å². The van der Waals surface area contributed by atoms with Gasteiger partial charge in [0.2, 0.25) is 0 Å².